The van der Waals surface area contributed by atoms with Gasteiger partial charge in [0, 0.05) is 10.4 Å². The van der Waals surface area contributed by atoms with E-state index in [2.05, 4.69) is 0 Å². The van der Waals surface area contributed by atoms with Gasteiger partial charge in [-0.25, -0.2) is 0 Å². The van der Waals surface area contributed by atoms with Crippen LogP contribution in [0.3, 0.4) is 0 Å². The fourth-order valence-electron chi connectivity index (χ4n) is 4.54. The predicted octanol–water partition coefficient (Wildman–Crippen LogP) is 7.34. The maximum absolute atomic E-state index is 13.9. The van der Waals surface area contributed by atoms with Gasteiger partial charge in [0.05, 0.1) is 33.4 Å². The molecule has 48 heavy (non-hydrogen) atoms. The Hall–Kier alpha value is -6.43. The molecule has 0 bridgehead atoms. The molecule has 5 nitrogen and oxygen atoms in total. The zero-order chi connectivity index (χ0) is 36.6. The van der Waals surface area contributed by atoms with Gasteiger partial charge in [-0.2, -0.15) is 79.0 Å². The lowest BCUT2D eigenvalue weighted by Crippen LogP contribution is -2.22. The Balaban J connectivity index is 2.82. The minimum atomic E-state index is -5.62. The van der Waals surface area contributed by atoms with Crippen molar-refractivity contribution < 1.29 is 52.7 Å². The van der Waals surface area contributed by atoms with Crippen molar-refractivity contribution >= 4 is 11.1 Å². The van der Waals surface area contributed by atoms with Crippen molar-refractivity contribution in [3.05, 3.63) is 80.2 Å². The molecule has 0 aliphatic heterocycles. The third-order valence-corrected chi connectivity index (χ3v) is 6.52. The molecule has 0 saturated heterocycles. The minimum absolute atomic E-state index is 0.0234. The zero-order valence-corrected chi connectivity index (χ0v) is 22.8. The molecule has 3 aromatic carbocycles. The summed E-state index contributed by atoms with van der Waals surface area (Å²) in [5, 5.41) is 45.4. The second-order valence-electron chi connectivity index (χ2n) is 9.28. The smallest absolute Gasteiger partial charge is 0.192 e. The molecule has 0 heterocycles. The first-order valence-corrected chi connectivity index (χ1v) is 12.1. The molecule has 0 aliphatic carbocycles. The monoisotopic (exact) mass is 677 g/mol. The fraction of sp³-hybridized carbons (Fsp3) is 0.129. The van der Waals surface area contributed by atoms with E-state index in [4.69, 9.17) is 16.9 Å². The lowest BCUT2D eigenvalue weighted by molar-refractivity contribution is -0.145. The summed E-state index contributed by atoms with van der Waals surface area (Å²) in [5.41, 5.74) is -18.2. The molecule has 240 valence electrons. The van der Waals surface area contributed by atoms with Gasteiger partial charge in [0.25, 0.3) is 0 Å². The van der Waals surface area contributed by atoms with E-state index in [-0.39, 0.29) is 24.3 Å². The van der Waals surface area contributed by atoms with E-state index in [1.165, 1.54) is 18.2 Å². The Kier molecular flexibility index (Phi) is 9.31. The average molecular weight is 677 g/mol. The Bertz CT molecular complexity index is 1980. The summed E-state index contributed by atoms with van der Waals surface area (Å²) in [6.07, 6.45) is -17.2. The molecule has 0 spiro atoms. The van der Waals surface area contributed by atoms with Gasteiger partial charge in [0.2, 0.25) is 0 Å². The maximum Gasteiger partial charge on any atom is 0.417 e. The zero-order valence-electron chi connectivity index (χ0n) is 22.8. The van der Waals surface area contributed by atoms with E-state index < -0.39 is 102 Å². The number of benzene rings is 3. The number of alkyl halides is 12. The van der Waals surface area contributed by atoms with E-state index in [0.29, 0.717) is 12.1 Å². The molecule has 3 aromatic rings. The molecular formula is C31H7F12N5. The number of halogens is 12. The summed E-state index contributed by atoms with van der Waals surface area (Å²) in [6.45, 7) is 0. The number of terminal acetylenes is 1. The Labute approximate surface area is 260 Å². The van der Waals surface area contributed by atoms with Crippen LogP contribution in [-0.4, -0.2) is 0 Å². The van der Waals surface area contributed by atoms with Crippen molar-refractivity contribution in [1.29, 1.82) is 26.3 Å². The standard InChI is InChI=1S/C31H7F12N5/c1-2-14(9-44)18-7-20(16-5-26(30(38,39)40)23(13-48)27(6-16)31(41,42)43)21(17(10-45)11-46)8-19(18)15-3-24(28(32,33)34)22(12-47)25(4-15)29(35,36)37/h1,3-8H/b18-14-. The molecule has 0 saturated carbocycles. The average Bonchev–Trinajstić information content (AvgIpc) is 2.99. The first kappa shape index (κ1) is 36.0. The van der Waals surface area contributed by atoms with Crippen LogP contribution in [0.25, 0.3) is 33.4 Å². The number of nitrogens with zero attached hydrogens (tertiary/aromatic N) is 5. The quantitative estimate of drug-likeness (QED) is 0.208. The topological polar surface area (TPSA) is 119 Å². The van der Waals surface area contributed by atoms with Gasteiger partial charge in [-0.15, -0.1) is 6.42 Å². The van der Waals surface area contributed by atoms with Gasteiger partial charge in [0.1, 0.15) is 41.5 Å². The van der Waals surface area contributed by atoms with Crippen LogP contribution in [0.1, 0.15) is 33.4 Å². The van der Waals surface area contributed by atoms with Crippen LogP contribution in [-0.2, 0) is 24.7 Å². The molecule has 0 aromatic heterocycles. The SMILES string of the molecule is C#C/C(C#N)=c1\cc(-c2cc(C(F)(F)F)c(C#N)c(C(F)(F)F)c2)c(=C(C#N)C#N)cc1-c1cc(C(F)(F)F)c(C#N)c(C(F)(F)F)c1. The summed E-state index contributed by atoms with van der Waals surface area (Å²) in [5.74, 6) is 1.75. The van der Waals surface area contributed by atoms with Crippen LogP contribution in [0.15, 0.2) is 36.4 Å². The summed E-state index contributed by atoms with van der Waals surface area (Å²) in [6, 6.07) is 6.64. The van der Waals surface area contributed by atoms with E-state index >= 15 is 0 Å². The molecule has 0 fully saturated rings. The molecule has 0 aliphatic rings. The predicted molar refractivity (Wildman–Crippen MR) is 138 cm³/mol. The lowest BCUT2D eigenvalue weighted by atomic mass is 9.87. The van der Waals surface area contributed by atoms with E-state index in [1.54, 1.807) is 5.92 Å². The lowest BCUT2D eigenvalue weighted by Gasteiger charge is -2.19. The second-order valence-corrected chi connectivity index (χ2v) is 9.28. The number of hydrogen-bond donors (Lipinski definition) is 0. The molecule has 3 rings (SSSR count). The van der Waals surface area contributed by atoms with Crippen molar-refractivity contribution in [3.63, 3.8) is 0 Å². The molecule has 0 amide bonds. The van der Waals surface area contributed by atoms with Crippen molar-refractivity contribution in [2.45, 2.75) is 24.7 Å². The highest BCUT2D eigenvalue weighted by atomic mass is 19.4. The normalized spacial score (nSPS) is 12.4. The van der Waals surface area contributed by atoms with Crippen LogP contribution in [0.4, 0.5) is 52.7 Å². The third-order valence-electron chi connectivity index (χ3n) is 6.52. The first-order chi connectivity index (χ1) is 22.1. The minimum Gasteiger partial charge on any atom is -0.192 e. The van der Waals surface area contributed by atoms with E-state index in [9.17, 15) is 68.5 Å². The Morgan fingerprint density at radius 1 is 0.458 bits per heavy atom. The van der Waals surface area contributed by atoms with Gasteiger partial charge >= 0.3 is 24.7 Å². The van der Waals surface area contributed by atoms with Gasteiger partial charge in [-0.3, -0.25) is 0 Å². The molecule has 0 unspecified atom stereocenters. The van der Waals surface area contributed by atoms with Crippen LogP contribution in [0.5, 0.6) is 0 Å². The summed E-state index contributed by atoms with van der Waals surface area (Å²) < 4.78 is 167. The highest BCUT2D eigenvalue weighted by Gasteiger charge is 2.43. The summed E-state index contributed by atoms with van der Waals surface area (Å²) >= 11 is 0. The Morgan fingerprint density at radius 2 is 0.729 bits per heavy atom. The summed E-state index contributed by atoms with van der Waals surface area (Å²) in [4.78, 5) is 0. The first-order valence-electron chi connectivity index (χ1n) is 12.1. The fourth-order valence-corrected chi connectivity index (χ4v) is 4.54. The van der Waals surface area contributed by atoms with Gasteiger partial charge in [0.15, 0.2) is 0 Å². The van der Waals surface area contributed by atoms with Gasteiger partial charge in [-0.05, 0) is 58.7 Å². The molecule has 0 radical (unpaired) electrons. The molecule has 17 heteroatoms. The maximum atomic E-state index is 13.9. The molecule has 0 N–H and O–H groups in total. The van der Waals surface area contributed by atoms with Crippen LogP contribution >= 0.6 is 0 Å². The second kappa shape index (κ2) is 12.4. The summed E-state index contributed by atoms with van der Waals surface area (Å²) in [7, 11) is 0. The van der Waals surface area contributed by atoms with Gasteiger partial charge in [-0.1, -0.05) is 5.92 Å². The van der Waals surface area contributed by atoms with Crippen LogP contribution in [0.2, 0.25) is 0 Å². The number of nitriles is 5. The Morgan fingerprint density at radius 3 is 0.938 bits per heavy atom. The van der Waals surface area contributed by atoms with Crippen molar-refractivity contribution in [2.24, 2.45) is 0 Å². The van der Waals surface area contributed by atoms with Crippen molar-refractivity contribution in [1.82, 2.24) is 0 Å². The van der Waals surface area contributed by atoms with Gasteiger partial charge < -0.3 is 0 Å². The van der Waals surface area contributed by atoms with E-state index in [0.717, 1.165) is 12.1 Å². The highest BCUT2D eigenvalue weighted by molar-refractivity contribution is 5.86. The third kappa shape index (κ3) is 6.72. The van der Waals surface area contributed by atoms with Crippen LogP contribution < -0.4 is 10.4 Å². The number of rotatable bonds is 2. The van der Waals surface area contributed by atoms with Crippen molar-refractivity contribution in [2.75, 3.05) is 0 Å². The van der Waals surface area contributed by atoms with Crippen molar-refractivity contribution in [3.8, 4) is 64.9 Å². The molecular weight excluding hydrogens is 670 g/mol. The van der Waals surface area contributed by atoms with E-state index in [1.807, 2.05) is 0 Å². The largest absolute Gasteiger partial charge is 0.417 e. The molecule has 0 atom stereocenters. The van der Waals surface area contributed by atoms with Crippen LogP contribution in [0, 0.1) is 69.0 Å². The highest BCUT2D eigenvalue weighted by Crippen LogP contribution is 2.43. The number of hydrogen-bond acceptors (Lipinski definition) is 5.